The summed E-state index contributed by atoms with van der Waals surface area (Å²) in [5.41, 5.74) is 8.00. The van der Waals surface area contributed by atoms with E-state index in [1.54, 1.807) is 31.4 Å². The quantitative estimate of drug-likeness (QED) is 0.394. The lowest BCUT2D eigenvalue weighted by atomic mass is 10.0. The van der Waals surface area contributed by atoms with Gasteiger partial charge in [0.05, 0.1) is 7.11 Å². The summed E-state index contributed by atoms with van der Waals surface area (Å²) >= 11 is 0. The van der Waals surface area contributed by atoms with Crippen molar-refractivity contribution >= 4 is 17.9 Å². The summed E-state index contributed by atoms with van der Waals surface area (Å²) in [6, 6.07) is 23.6. The topological polar surface area (TPSA) is 120 Å². The first-order chi connectivity index (χ1) is 16.9. The highest BCUT2D eigenvalue weighted by Crippen LogP contribution is 2.12. The lowest BCUT2D eigenvalue weighted by molar-refractivity contribution is -0.128. The number of nitrogens with one attached hydrogen (secondary N) is 2. The molecule has 8 heteroatoms. The molecule has 182 valence electrons. The molecule has 0 radical (unpaired) electrons. The van der Waals surface area contributed by atoms with Crippen LogP contribution >= 0.6 is 0 Å². The highest BCUT2D eigenvalue weighted by molar-refractivity contribution is 5.91. The molecule has 8 nitrogen and oxygen atoms in total. The molecule has 0 saturated heterocycles. The summed E-state index contributed by atoms with van der Waals surface area (Å²) < 4.78 is 10.4. The molecule has 0 aliphatic heterocycles. The van der Waals surface area contributed by atoms with Crippen LogP contribution in [0.25, 0.3) is 0 Å². The molecule has 0 unspecified atom stereocenters. The summed E-state index contributed by atoms with van der Waals surface area (Å²) in [5.74, 6) is -0.505. The number of nitrogens with two attached hydrogens (primary N) is 1. The number of ether oxygens (including phenoxy) is 2. The first kappa shape index (κ1) is 25.3. The molecule has 3 rings (SSSR count). The molecule has 0 bridgehead atoms. The van der Waals surface area contributed by atoms with Crippen molar-refractivity contribution in [1.82, 2.24) is 10.6 Å². The van der Waals surface area contributed by atoms with Gasteiger partial charge in [-0.05, 0) is 28.8 Å². The molecule has 0 aliphatic carbocycles. The third-order valence-electron chi connectivity index (χ3n) is 5.36. The third kappa shape index (κ3) is 8.19. The number of hydrogen-bond acceptors (Lipinski definition) is 5. The number of amides is 3. The van der Waals surface area contributed by atoms with Crippen molar-refractivity contribution in [1.29, 1.82) is 0 Å². The number of hydrogen-bond donors (Lipinski definition) is 3. The van der Waals surface area contributed by atoms with E-state index in [0.29, 0.717) is 5.75 Å². The Kier molecular flexibility index (Phi) is 9.24. The molecule has 2 atom stereocenters. The SMILES string of the molecule is COc1ccc(COC(=O)N[C@@H](Cc2ccccc2)C(=O)N[C@H](Cc2ccccc2)C(N)=O)cc1. The van der Waals surface area contributed by atoms with Crippen molar-refractivity contribution in [3.05, 3.63) is 102 Å². The van der Waals surface area contributed by atoms with Crippen LogP contribution in [-0.4, -0.2) is 37.1 Å². The Morgan fingerprint density at radius 3 is 1.80 bits per heavy atom. The third-order valence-corrected chi connectivity index (χ3v) is 5.36. The summed E-state index contributed by atoms with van der Waals surface area (Å²) in [4.78, 5) is 37.7. The van der Waals surface area contributed by atoms with E-state index in [2.05, 4.69) is 10.6 Å². The number of primary amides is 1. The standard InChI is InChI=1S/C27H29N3O5/c1-34-22-14-12-21(13-15-22)18-35-27(33)30-24(17-20-10-6-3-7-11-20)26(32)29-23(25(28)31)16-19-8-4-2-5-9-19/h2-15,23-24H,16-18H2,1H3,(H2,28,31)(H,29,32)(H,30,33)/t23-,24+/m1/s1. The van der Waals surface area contributed by atoms with Gasteiger partial charge in [-0.2, -0.15) is 0 Å². The summed E-state index contributed by atoms with van der Waals surface area (Å²) in [6.45, 7) is 0.0213. The maximum Gasteiger partial charge on any atom is 0.408 e. The van der Waals surface area contributed by atoms with Gasteiger partial charge in [-0.1, -0.05) is 72.8 Å². The van der Waals surface area contributed by atoms with E-state index >= 15 is 0 Å². The average molecular weight is 476 g/mol. The molecular weight excluding hydrogens is 446 g/mol. The molecule has 0 heterocycles. The largest absolute Gasteiger partial charge is 0.497 e. The second kappa shape index (κ2) is 12.8. The van der Waals surface area contributed by atoms with Crippen LogP contribution in [0, 0.1) is 0 Å². The Hall–Kier alpha value is -4.33. The fourth-order valence-electron chi connectivity index (χ4n) is 3.46. The summed E-state index contributed by atoms with van der Waals surface area (Å²) in [7, 11) is 1.57. The summed E-state index contributed by atoms with van der Waals surface area (Å²) in [5, 5.41) is 5.30. The van der Waals surface area contributed by atoms with E-state index < -0.39 is 30.0 Å². The van der Waals surface area contributed by atoms with Crippen LogP contribution in [0.1, 0.15) is 16.7 Å². The fraction of sp³-hybridized carbons (Fsp3) is 0.222. The van der Waals surface area contributed by atoms with Crippen LogP contribution in [0.4, 0.5) is 4.79 Å². The van der Waals surface area contributed by atoms with Crippen LogP contribution in [0.15, 0.2) is 84.9 Å². The molecular formula is C27H29N3O5. The normalized spacial score (nSPS) is 12.1. The maximum absolute atomic E-state index is 13.1. The second-order valence-electron chi connectivity index (χ2n) is 7.96. The minimum Gasteiger partial charge on any atom is -0.497 e. The zero-order valence-electron chi connectivity index (χ0n) is 19.5. The molecule has 3 aromatic rings. The zero-order chi connectivity index (χ0) is 25.0. The van der Waals surface area contributed by atoms with Gasteiger partial charge in [-0.25, -0.2) is 4.79 Å². The molecule has 0 spiro atoms. The predicted molar refractivity (Wildman–Crippen MR) is 132 cm³/mol. The van der Waals surface area contributed by atoms with E-state index in [1.807, 2.05) is 60.7 Å². The molecule has 3 aromatic carbocycles. The first-order valence-corrected chi connectivity index (χ1v) is 11.2. The van der Waals surface area contributed by atoms with Crippen molar-refractivity contribution in [2.45, 2.75) is 31.5 Å². The molecule has 4 N–H and O–H groups in total. The number of benzene rings is 3. The van der Waals surface area contributed by atoms with E-state index in [4.69, 9.17) is 15.2 Å². The van der Waals surface area contributed by atoms with Gasteiger partial charge >= 0.3 is 6.09 Å². The lowest BCUT2D eigenvalue weighted by Crippen LogP contribution is -2.54. The van der Waals surface area contributed by atoms with Crippen LogP contribution in [0.3, 0.4) is 0 Å². The van der Waals surface area contributed by atoms with E-state index in [1.165, 1.54) is 0 Å². The van der Waals surface area contributed by atoms with Crippen molar-refractivity contribution in [2.24, 2.45) is 5.73 Å². The highest BCUT2D eigenvalue weighted by Gasteiger charge is 2.26. The average Bonchev–Trinajstić information content (AvgIpc) is 2.88. The van der Waals surface area contributed by atoms with E-state index in [9.17, 15) is 14.4 Å². The van der Waals surface area contributed by atoms with Crippen LogP contribution < -0.4 is 21.1 Å². The van der Waals surface area contributed by atoms with Gasteiger partial charge in [0.15, 0.2) is 0 Å². The monoisotopic (exact) mass is 475 g/mol. The van der Waals surface area contributed by atoms with Crippen LogP contribution in [-0.2, 0) is 33.8 Å². The molecule has 3 amide bonds. The van der Waals surface area contributed by atoms with Crippen LogP contribution in [0.2, 0.25) is 0 Å². The minimum absolute atomic E-state index is 0.0213. The van der Waals surface area contributed by atoms with Crippen molar-refractivity contribution in [2.75, 3.05) is 7.11 Å². The zero-order valence-corrected chi connectivity index (χ0v) is 19.5. The Morgan fingerprint density at radius 1 is 0.743 bits per heavy atom. The number of carbonyl (C=O) groups is 3. The molecule has 0 fully saturated rings. The van der Waals surface area contributed by atoms with Crippen molar-refractivity contribution in [3.63, 3.8) is 0 Å². The van der Waals surface area contributed by atoms with Crippen molar-refractivity contribution in [3.8, 4) is 5.75 Å². The van der Waals surface area contributed by atoms with E-state index in [-0.39, 0.29) is 19.4 Å². The van der Waals surface area contributed by atoms with Crippen LogP contribution in [0.5, 0.6) is 5.75 Å². The number of rotatable bonds is 11. The van der Waals surface area contributed by atoms with Crippen molar-refractivity contribution < 1.29 is 23.9 Å². The first-order valence-electron chi connectivity index (χ1n) is 11.2. The van der Waals surface area contributed by atoms with Gasteiger partial charge in [0.25, 0.3) is 0 Å². The fourth-order valence-corrected chi connectivity index (χ4v) is 3.46. The summed E-state index contributed by atoms with van der Waals surface area (Å²) in [6.07, 6.45) is -0.307. The van der Waals surface area contributed by atoms with Gasteiger partial charge in [0.2, 0.25) is 11.8 Å². The molecule has 0 aromatic heterocycles. The maximum atomic E-state index is 13.1. The van der Waals surface area contributed by atoms with E-state index in [0.717, 1.165) is 16.7 Å². The smallest absolute Gasteiger partial charge is 0.408 e. The van der Waals surface area contributed by atoms with Gasteiger partial charge < -0.3 is 25.8 Å². The predicted octanol–water partition coefficient (Wildman–Crippen LogP) is 2.75. The number of methoxy groups -OCH3 is 1. The van der Waals surface area contributed by atoms with Gasteiger partial charge in [0.1, 0.15) is 24.4 Å². The van der Waals surface area contributed by atoms with Gasteiger partial charge in [0, 0.05) is 12.8 Å². The Balaban J connectivity index is 1.66. The number of carbonyl (C=O) groups excluding carboxylic acids is 3. The highest BCUT2D eigenvalue weighted by atomic mass is 16.5. The second-order valence-corrected chi connectivity index (χ2v) is 7.96. The van der Waals surface area contributed by atoms with Gasteiger partial charge in [-0.3, -0.25) is 9.59 Å². The lowest BCUT2D eigenvalue weighted by Gasteiger charge is -2.22. The molecule has 0 saturated carbocycles. The van der Waals surface area contributed by atoms with Gasteiger partial charge in [-0.15, -0.1) is 0 Å². The number of alkyl carbamates (subject to hydrolysis) is 1. The Morgan fingerprint density at radius 2 is 1.29 bits per heavy atom. The Bertz CT molecular complexity index is 1100. The minimum atomic E-state index is -0.974. The molecule has 35 heavy (non-hydrogen) atoms. The molecule has 0 aliphatic rings. The Labute approximate surface area is 204 Å².